The minimum absolute atomic E-state index is 0.0893. The van der Waals surface area contributed by atoms with E-state index in [0.717, 1.165) is 6.07 Å². The second-order valence-electron chi connectivity index (χ2n) is 9.29. The van der Waals surface area contributed by atoms with Gasteiger partial charge in [0.2, 0.25) is 5.91 Å². The summed E-state index contributed by atoms with van der Waals surface area (Å²) in [5.74, 6) is -1.39. The van der Waals surface area contributed by atoms with Gasteiger partial charge in [-0.25, -0.2) is 8.42 Å². The van der Waals surface area contributed by atoms with E-state index in [1.54, 1.807) is 39.0 Å². The van der Waals surface area contributed by atoms with Gasteiger partial charge in [0, 0.05) is 5.54 Å². The van der Waals surface area contributed by atoms with Crippen LogP contribution in [-0.4, -0.2) is 32.3 Å². The summed E-state index contributed by atoms with van der Waals surface area (Å²) in [4.78, 5) is 25.6. The molecule has 38 heavy (non-hydrogen) atoms. The van der Waals surface area contributed by atoms with Crippen molar-refractivity contribution in [2.24, 2.45) is 0 Å². The molecule has 0 unspecified atom stereocenters. The van der Waals surface area contributed by atoms with Crippen LogP contribution in [0.2, 0.25) is 5.02 Å². The molecule has 0 radical (unpaired) electrons. The molecule has 0 saturated heterocycles. The van der Waals surface area contributed by atoms with Crippen LogP contribution >= 0.6 is 11.6 Å². The van der Waals surface area contributed by atoms with E-state index in [-0.39, 0.29) is 21.2 Å². The van der Waals surface area contributed by atoms with Crippen molar-refractivity contribution in [3.8, 4) is 0 Å². The number of nitrogens with one attached hydrogen (secondary N) is 2. The lowest BCUT2D eigenvalue weighted by atomic mass is 10.1. The molecule has 0 heterocycles. The predicted molar refractivity (Wildman–Crippen MR) is 140 cm³/mol. The van der Waals surface area contributed by atoms with Crippen molar-refractivity contribution in [1.29, 1.82) is 0 Å². The zero-order valence-corrected chi connectivity index (χ0v) is 22.2. The fraction of sp³-hybridized carbons (Fsp3) is 0.231. The second-order valence-corrected chi connectivity index (χ2v) is 11.6. The van der Waals surface area contributed by atoms with Gasteiger partial charge in [0.1, 0.15) is 6.54 Å². The lowest BCUT2D eigenvalue weighted by Gasteiger charge is -2.26. The summed E-state index contributed by atoms with van der Waals surface area (Å²) in [5, 5.41) is 4.95. The van der Waals surface area contributed by atoms with Crippen LogP contribution in [0, 0.1) is 0 Å². The fourth-order valence-electron chi connectivity index (χ4n) is 3.42. The van der Waals surface area contributed by atoms with E-state index in [0.29, 0.717) is 16.4 Å². The molecule has 0 aliphatic carbocycles. The largest absolute Gasteiger partial charge is 0.416 e. The number of carbonyl (C=O) groups excluding carboxylic acids is 2. The number of hydrogen-bond donors (Lipinski definition) is 2. The Hall–Kier alpha value is -3.57. The molecule has 2 amide bonds. The Morgan fingerprint density at radius 3 is 2.13 bits per heavy atom. The normalized spacial score (nSPS) is 12.1. The van der Waals surface area contributed by atoms with Gasteiger partial charge in [-0.2, -0.15) is 13.2 Å². The number of hydrogen-bond acceptors (Lipinski definition) is 4. The second kappa shape index (κ2) is 11.0. The number of anilines is 2. The number of nitrogens with zero attached hydrogens (tertiary/aromatic N) is 1. The lowest BCUT2D eigenvalue weighted by molar-refractivity contribution is -0.137. The molecule has 0 saturated carbocycles. The average molecular weight is 568 g/mol. The summed E-state index contributed by atoms with van der Waals surface area (Å²) in [6, 6.07) is 15.2. The highest BCUT2D eigenvalue weighted by Gasteiger charge is 2.34. The number of sulfonamides is 1. The topological polar surface area (TPSA) is 95.6 Å². The highest BCUT2D eigenvalue weighted by Crippen LogP contribution is 2.37. The average Bonchev–Trinajstić information content (AvgIpc) is 2.82. The monoisotopic (exact) mass is 567 g/mol. The van der Waals surface area contributed by atoms with Gasteiger partial charge in [0.15, 0.2) is 0 Å². The Balaban J connectivity index is 2.03. The van der Waals surface area contributed by atoms with E-state index in [2.05, 4.69) is 10.6 Å². The molecule has 202 valence electrons. The van der Waals surface area contributed by atoms with Crippen molar-refractivity contribution in [2.75, 3.05) is 16.2 Å². The predicted octanol–water partition coefficient (Wildman–Crippen LogP) is 5.72. The highest BCUT2D eigenvalue weighted by atomic mass is 35.5. The van der Waals surface area contributed by atoms with Crippen molar-refractivity contribution < 1.29 is 31.2 Å². The summed E-state index contributed by atoms with van der Waals surface area (Å²) < 4.78 is 67.8. The molecular formula is C26H25ClF3N3O4S. The maximum Gasteiger partial charge on any atom is 0.416 e. The molecule has 2 N–H and O–H groups in total. The van der Waals surface area contributed by atoms with Crippen molar-refractivity contribution in [2.45, 2.75) is 37.4 Å². The van der Waals surface area contributed by atoms with Gasteiger partial charge in [0.05, 0.1) is 32.4 Å². The standard InChI is InChI=1S/C26H25ClF3N3O4S/c1-25(2,3)32-24(35)19-11-7-8-12-21(19)31-23(34)16-33(38(36,37)18-9-5-4-6-10-18)22-15-17(26(28,29)30)13-14-20(22)27/h4-15H,16H2,1-3H3,(H,31,34)(H,32,35). The number of carbonyl (C=O) groups is 2. The molecule has 7 nitrogen and oxygen atoms in total. The fourth-order valence-corrected chi connectivity index (χ4v) is 5.14. The zero-order valence-electron chi connectivity index (χ0n) is 20.6. The van der Waals surface area contributed by atoms with Crippen LogP contribution < -0.4 is 14.9 Å². The molecule has 3 aromatic rings. The number of amides is 2. The van der Waals surface area contributed by atoms with Gasteiger partial charge in [-0.1, -0.05) is 41.9 Å². The van der Waals surface area contributed by atoms with E-state index < -0.39 is 51.3 Å². The van der Waals surface area contributed by atoms with Crippen LogP contribution in [0.25, 0.3) is 0 Å². The molecule has 0 fully saturated rings. The van der Waals surface area contributed by atoms with Crippen molar-refractivity contribution in [3.05, 3.63) is 88.9 Å². The number of benzene rings is 3. The molecule has 0 atom stereocenters. The third-order valence-electron chi connectivity index (χ3n) is 5.09. The molecule has 3 aromatic carbocycles. The third kappa shape index (κ3) is 7.05. The minimum Gasteiger partial charge on any atom is -0.347 e. The molecule has 0 bridgehead atoms. The summed E-state index contributed by atoms with van der Waals surface area (Å²) in [6.45, 7) is 4.40. The summed E-state index contributed by atoms with van der Waals surface area (Å²) >= 11 is 6.15. The van der Waals surface area contributed by atoms with Gasteiger partial charge in [-0.15, -0.1) is 0 Å². The van der Waals surface area contributed by atoms with Crippen molar-refractivity contribution in [1.82, 2.24) is 5.32 Å². The first-order valence-electron chi connectivity index (χ1n) is 11.3. The van der Waals surface area contributed by atoms with Gasteiger partial charge >= 0.3 is 6.18 Å². The Labute approximate surface area is 223 Å². The Bertz CT molecular complexity index is 1440. The molecule has 0 aliphatic rings. The van der Waals surface area contributed by atoms with Crippen molar-refractivity contribution >= 4 is 44.8 Å². The Morgan fingerprint density at radius 1 is 0.921 bits per heavy atom. The number of halogens is 4. The third-order valence-corrected chi connectivity index (χ3v) is 7.19. The molecule has 0 spiro atoms. The number of para-hydroxylation sites is 1. The van der Waals surface area contributed by atoms with Gasteiger partial charge < -0.3 is 10.6 Å². The molecule has 0 aromatic heterocycles. The SMILES string of the molecule is CC(C)(C)NC(=O)c1ccccc1NC(=O)CN(c1cc(C(F)(F)F)ccc1Cl)S(=O)(=O)c1ccccc1. The van der Waals surface area contributed by atoms with Crippen molar-refractivity contribution in [3.63, 3.8) is 0 Å². The van der Waals surface area contributed by atoms with Gasteiger partial charge in [-0.05, 0) is 63.2 Å². The summed E-state index contributed by atoms with van der Waals surface area (Å²) in [7, 11) is -4.54. The van der Waals surface area contributed by atoms with E-state index in [9.17, 15) is 31.2 Å². The van der Waals surface area contributed by atoms with Crippen LogP contribution in [0.1, 0.15) is 36.7 Å². The quantitative estimate of drug-likeness (QED) is 0.382. The Kier molecular flexibility index (Phi) is 8.42. The maximum absolute atomic E-state index is 13.5. The van der Waals surface area contributed by atoms with E-state index >= 15 is 0 Å². The lowest BCUT2D eigenvalue weighted by Crippen LogP contribution is -2.41. The first kappa shape index (κ1) is 29.0. The molecule has 3 rings (SSSR count). The first-order chi connectivity index (χ1) is 17.6. The summed E-state index contributed by atoms with van der Waals surface area (Å²) in [5.41, 5.74) is -2.04. The highest BCUT2D eigenvalue weighted by molar-refractivity contribution is 7.92. The summed E-state index contributed by atoms with van der Waals surface area (Å²) in [6.07, 6.45) is -4.79. The Morgan fingerprint density at radius 2 is 1.53 bits per heavy atom. The van der Waals surface area contributed by atoms with Crippen LogP contribution in [0.3, 0.4) is 0 Å². The molecule has 12 heteroatoms. The smallest absolute Gasteiger partial charge is 0.347 e. The molecule has 0 aliphatic heterocycles. The van der Waals surface area contributed by atoms with Crippen LogP contribution in [0.5, 0.6) is 0 Å². The van der Waals surface area contributed by atoms with Crippen LogP contribution in [0.15, 0.2) is 77.7 Å². The molecular weight excluding hydrogens is 543 g/mol. The number of rotatable bonds is 7. The van der Waals surface area contributed by atoms with E-state index in [4.69, 9.17) is 11.6 Å². The minimum atomic E-state index is -4.79. The maximum atomic E-state index is 13.5. The van der Waals surface area contributed by atoms with Gasteiger partial charge in [0.25, 0.3) is 15.9 Å². The first-order valence-corrected chi connectivity index (χ1v) is 13.1. The van der Waals surface area contributed by atoms with Crippen LogP contribution in [0.4, 0.5) is 24.5 Å². The van der Waals surface area contributed by atoms with E-state index in [1.807, 2.05) is 0 Å². The van der Waals surface area contributed by atoms with E-state index in [1.165, 1.54) is 36.4 Å². The number of alkyl halides is 3. The van der Waals surface area contributed by atoms with Gasteiger partial charge in [-0.3, -0.25) is 13.9 Å². The van der Waals surface area contributed by atoms with Crippen LogP contribution in [-0.2, 0) is 21.0 Å². The zero-order chi connectivity index (χ0) is 28.3.